The minimum Gasteiger partial charge on any atom is -0.445 e. The van der Waals surface area contributed by atoms with Crippen LogP contribution in [0.25, 0.3) is 0 Å². The molecular weight excluding hydrogens is 297 g/mol. The number of likely N-dealkylation sites (tertiary alicyclic amines) is 1. The van der Waals surface area contributed by atoms with E-state index in [2.05, 4.69) is 0 Å². The zero-order valence-electron chi connectivity index (χ0n) is 11.6. The quantitative estimate of drug-likeness (QED) is 0.800. The highest BCUT2D eigenvalue weighted by molar-refractivity contribution is 7.86. The van der Waals surface area contributed by atoms with Crippen molar-refractivity contribution in [3.8, 4) is 0 Å². The molecule has 0 bridgehead atoms. The highest BCUT2D eigenvalue weighted by Crippen LogP contribution is 2.19. The molecule has 5 nitrogen and oxygen atoms in total. The fourth-order valence-electron chi connectivity index (χ4n) is 2.46. The molecule has 1 aromatic rings. The van der Waals surface area contributed by atoms with Crippen molar-refractivity contribution in [1.82, 2.24) is 4.90 Å². The molecule has 116 valence electrons. The van der Waals surface area contributed by atoms with Gasteiger partial charge >= 0.3 is 16.3 Å². The van der Waals surface area contributed by atoms with Crippen LogP contribution in [0.3, 0.4) is 0 Å². The highest BCUT2D eigenvalue weighted by Gasteiger charge is 2.28. The maximum absolute atomic E-state index is 12.7. The molecule has 0 radical (unpaired) electrons. The summed E-state index contributed by atoms with van der Waals surface area (Å²) in [7, 11) is -4.51. The zero-order valence-corrected chi connectivity index (χ0v) is 12.4. The summed E-state index contributed by atoms with van der Waals surface area (Å²) in [4.78, 5) is 13.4. The lowest BCUT2D eigenvalue weighted by molar-refractivity contribution is 0.0812. The molecule has 1 aliphatic rings. The third-order valence-electron chi connectivity index (χ3n) is 3.42. The first-order valence-corrected chi connectivity index (χ1v) is 8.37. The molecule has 1 amide bonds. The van der Waals surface area contributed by atoms with Crippen molar-refractivity contribution in [2.75, 3.05) is 18.8 Å². The molecule has 0 unspecified atom stereocenters. The Kier molecular flexibility index (Phi) is 5.17. The highest BCUT2D eigenvalue weighted by atomic mass is 32.3. The van der Waals surface area contributed by atoms with Crippen molar-refractivity contribution in [3.63, 3.8) is 0 Å². The van der Waals surface area contributed by atoms with E-state index in [9.17, 15) is 17.1 Å². The topological polar surface area (TPSA) is 63.7 Å². The third kappa shape index (κ3) is 5.34. The van der Waals surface area contributed by atoms with Crippen molar-refractivity contribution in [2.45, 2.75) is 19.4 Å². The van der Waals surface area contributed by atoms with Crippen LogP contribution in [-0.2, 0) is 21.6 Å². The molecule has 0 spiro atoms. The number of nitrogens with zero attached hydrogens (tertiary/aromatic N) is 1. The number of carbonyl (C=O) groups excluding carboxylic acids is 1. The van der Waals surface area contributed by atoms with E-state index in [4.69, 9.17) is 4.74 Å². The minimum absolute atomic E-state index is 0.169. The maximum Gasteiger partial charge on any atom is 0.410 e. The molecule has 1 aliphatic heterocycles. The summed E-state index contributed by atoms with van der Waals surface area (Å²) in [6.07, 6.45) is 0.770. The number of benzene rings is 1. The molecule has 1 heterocycles. The first-order chi connectivity index (χ1) is 9.94. The monoisotopic (exact) mass is 315 g/mol. The summed E-state index contributed by atoms with van der Waals surface area (Å²) in [6, 6.07) is 9.28. The van der Waals surface area contributed by atoms with E-state index in [-0.39, 0.29) is 19.1 Å². The zero-order chi connectivity index (χ0) is 15.3. The Morgan fingerprint density at radius 3 is 2.71 bits per heavy atom. The Balaban J connectivity index is 1.84. The molecule has 0 aromatic heterocycles. The Labute approximate surface area is 123 Å². The molecule has 1 saturated heterocycles. The number of amides is 1. The van der Waals surface area contributed by atoms with Gasteiger partial charge in [0.25, 0.3) is 0 Å². The molecule has 7 heteroatoms. The van der Waals surface area contributed by atoms with Crippen LogP contribution in [0.2, 0.25) is 0 Å². The summed E-state index contributed by atoms with van der Waals surface area (Å²) in [6.45, 7) is 0.898. The SMILES string of the molecule is O=C(OCc1ccccc1)N1CCC[C@H](CS(=O)(=O)F)C1. The Hall–Kier alpha value is -1.63. The molecule has 1 fully saturated rings. The third-order valence-corrected chi connectivity index (χ3v) is 4.29. The predicted octanol–water partition coefficient (Wildman–Crippen LogP) is 2.33. The fourth-order valence-corrected chi connectivity index (χ4v) is 3.29. The van der Waals surface area contributed by atoms with Gasteiger partial charge in [0.2, 0.25) is 0 Å². The Morgan fingerprint density at radius 2 is 2.05 bits per heavy atom. The van der Waals surface area contributed by atoms with Gasteiger partial charge in [-0.15, -0.1) is 3.89 Å². The van der Waals surface area contributed by atoms with E-state index in [0.29, 0.717) is 19.4 Å². The summed E-state index contributed by atoms with van der Waals surface area (Å²) in [5.41, 5.74) is 0.880. The molecule has 0 aliphatic carbocycles. The van der Waals surface area contributed by atoms with Crippen LogP contribution < -0.4 is 0 Å². The van der Waals surface area contributed by atoms with E-state index in [0.717, 1.165) is 5.56 Å². The first-order valence-electron chi connectivity index (χ1n) is 6.82. The van der Waals surface area contributed by atoms with Gasteiger partial charge in [-0.05, 0) is 24.3 Å². The fraction of sp³-hybridized carbons (Fsp3) is 0.500. The number of hydrogen-bond donors (Lipinski definition) is 0. The van der Waals surface area contributed by atoms with E-state index in [1.54, 1.807) is 0 Å². The number of carbonyl (C=O) groups is 1. The second-order valence-corrected chi connectivity index (χ2v) is 6.61. The summed E-state index contributed by atoms with van der Waals surface area (Å²) >= 11 is 0. The lowest BCUT2D eigenvalue weighted by Crippen LogP contribution is -2.41. The Bertz CT molecular complexity index is 576. The van der Waals surface area contributed by atoms with Crippen LogP contribution in [0.1, 0.15) is 18.4 Å². The van der Waals surface area contributed by atoms with Crippen molar-refractivity contribution in [2.24, 2.45) is 5.92 Å². The smallest absolute Gasteiger partial charge is 0.410 e. The standard InChI is InChI=1S/C14H18FNO4S/c15-21(18,19)11-13-7-4-8-16(9-13)14(17)20-10-12-5-2-1-3-6-12/h1-3,5-6,13H,4,7-11H2/t13-/m0/s1. The van der Waals surface area contributed by atoms with Crippen LogP contribution in [0.4, 0.5) is 8.68 Å². The van der Waals surface area contributed by atoms with Gasteiger partial charge in [0.15, 0.2) is 0 Å². The van der Waals surface area contributed by atoms with Gasteiger partial charge in [-0.2, -0.15) is 8.42 Å². The number of hydrogen-bond acceptors (Lipinski definition) is 4. The molecule has 1 aromatic carbocycles. The van der Waals surface area contributed by atoms with Gasteiger partial charge in [-0.3, -0.25) is 0 Å². The molecule has 0 saturated carbocycles. The normalized spacial score (nSPS) is 19.3. The molecule has 2 rings (SSSR count). The maximum atomic E-state index is 12.7. The average molecular weight is 315 g/mol. The first kappa shape index (κ1) is 15.8. The number of ether oxygens (including phenoxy) is 1. The van der Waals surface area contributed by atoms with E-state index >= 15 is 0 Å². The van der Waals surface area contributed by atoms with Gasteiger partial charge < -0.3 is 9.64 Å². The van der Waals surface area contributed by atoms with Gasteiger partial charge in [-0.1, -0.05) is 30.3 Å². The van der Waals surface area contributed by atoms with Gasteiger partial charge in [-0.25, -0.2) is 4.79 Å². The van der Waals surface area contributed by atoms with E-state index in [1.165, 1.54) is 4.90 Å². The van der Waals surface area contributed by atoms with Crippen LogP contribution in [0.5, 0.6) is 0 Å². The van der Waals surface area contributed by atoms with Gasteiger partial charge in [0, 0.05) is 13.1 Å². The van der Waals surface area contributed by atoms with E-state index in [1.807, 2.05) is 30.3 Å². The molecule has 1 atom stereocenters. The molecular formula is C14H18FNO4S. The Morgan fingerprint density at radius 1 is 1.33 bits per heavy atom. The van der Waals surface area contributed by atoms with Crippen molar-refractivity contribution < 1.29 is 21.8 Å². The average Bonchev–Trinajstić information content (AvgIpc) is 2.44. The predicted molar refractivity (Wildman–Crippen MR) is 75.8 cm³/mol. The molecule has 0 N–H and O–H groups in total. The summed E-state index contributed by atoms with van der Waals surface area (Å²) in [5.74, 6) is -0.895. The summed E-state index contributed by atoms with van der Waals surface area (Å²) in [5, 5.41) is 0. The lowest BCUT2D eigenvalue weighted by Gasteiger charge is -2.31. The van der Waals surface area contributed by atoms with Crippen LogP contribution in [0.15, 0.2) is 30.3 Å². The van der Waals surface area contributed by atoms with Crippen LogP contribution in [0, 0.1) is 5.92 Å². The number of rotatable bonds is 4. The minimum atomic E-state index is -4.51. The van der Waals surface area contributed by atoms with Crippen molar-refractivity contribution in [3.05, 3.63) is 35.9 Å². The molecule has 21 heavy (non-hydrogen) atoms. The second kappa shape index (κ2) is 6.89. The number of piperidine rings is 1. The second-order valence-electron chi connectivity index (χ2n) is 5.20. The van der Waals surface area contributed by atoms with Gasteiger partial charge in [0.05, 0.1) is 5.75 Å². The largest absolute Gasteiger partial charge is 0.445 e. The lowest BCUT2D eigenvalue weighted by atomic mass is 10.0. The number of halogens is 1. The van der Waals surface area contributed by atoms with Crippen LogP contribution >= 0.6 is 0 Å². The van der Waals surface area contributed by atoms with Crippen LogP contribution in [-0.4, -0.2) is 38.3 Å². The van der Waals surface area contributed by atoms with Crippen molar-refractivity contribution >= 4 is 16.3 Å². The van der Waals surface area contributed by atoms with Crippen molar-refractivity contribution in [1.29, 1.82) is 0 Å². The van der Waals surface area contributed by atoms with Gasteiger partial charge in [0.1, 0.15) is 6.61 Å². The van der Waals surface area contributed by atoms with E-state index < -0.39 is 22.1 Å². The summed E-state index contributed by atoms with van der Waals surface area (Å²) < 4.78 is 39.3.